The van der Waals surface area contributed by atoms with Crippen LogP contribution in [0.3, 0.4) is 0 Å². The monoisotopic (exact) mass is 294 g/mol. The molecule has 0 saturated heterocycles. The van der Waals surface area contributed by atoms with Crippen LogP contribution >= 0.6 is 15.9 Å². The van der Waals surface area contributed by atoms with Crippen LogP contribution in [-0.2, 0) is 12.5 Å². The standard InChI is InChI=1S/C14H19BrN2/c1-17-8-12(15)16-13(17)14-5-9-2-10(6-14)4-11(3-9)7-14/h8-11H,2-7H2,1H3. The summed E-state index contributed by atoms with van der Waals surface area (Å²) in [7, 11) is 2.16. The van der Waals surface area contributed by atoms with Crippen molar-refractivity contribution in [1.29, 1.82) is 0 Å². The van der Waals surface area contributed by atoms with Crippen molar-refractivity contribution >= 4 is 15.9 Å². The first kappa shape index (κ1) is 10.6. The summed E-state index contributed by atoms with van der Waals surface area (Å²) >= 11 is 3.53. The zero-order chi connectivity index (χ0) is 11.6. The maximum absolute atomic E-state index is 4.78. The minimum absolute atomic E-state index is 0.426. The smallest absolute Gasteiger partial charge is 0.124 e. The summed E-state index contributed by atoms with van der Waals surface area (Å²) in [6.07, 6.45) is 10.8. The van der Waals surface area contributed by atoms with E-state index in [0.29, 0.717) is 5.41 Å². The first-order chi connectivity index (χ1) is 8.14. The second-order valence-corrected chi connectivity index (χ2v) is 7.51. The van der Waals surface area contributed by atoms with Crippen molar-refractivity contribution in [1.82, 2.24) is 9.55 Å². The van der Waals surface area contributed by atoms with Gasteiger partial charge in [-0.2, -0.15) is 0 Å². The Kier molecular flexibility index (Phi) is 2.10. The van der Waals surface area contributed by atoms with E-state index in [1.807, 2.05) is 0 Å². The lowest BCUT2D eigenvalue weighted by Crippen LogP contribution is -2.49. The van der Waals surface area contributed by atoms with Gasteiger partial charge in [-0.15, -0.1) is 0 Å². The Morgan fingerprint density at radius 3 is 2.12 bits per heavy atom. The molecule has 0 N–H and O–H groups in total. The maximum atomic E-state index is 4.78. The van der Waals surface area contributed by atoms with Crippen LogP contribution < -0.4 is 0 Å². The number of nitrogens with zero attached hydrogens (tertiary/aromatic N) is 2. The minimum atomic E-state index is 0.426. The van der Waals surface area contributed by atoms with Crippen molar-refractivity contribution in [2.75, 3.05) is 0 Å². The molecule has 4 bridgehead atoms. The average Bonchev–Trinajstić information content (AvgIpc) is 2.56. The third-order valence-corrected chi connectivity index (χ3v) is 5.74. The van der Waals surface area contributed by atoms with Crippen molar-refractivity contribution in [3.8, 4) is 0 Å². The number of hydrogen-bond donors (Lipinski definition) is 0. The first-order valence-electron chi connectivity index (χ1n) is 6.84. The predicted molar refractivity (Wildman–Crippen MR) is 70.8 cm³/mol. The molecule has 5 rings (SSSR count). The molecule has 1 heterocycles. The van der Waals surface area contributed by atoms with Gasteiger partial charge in [0.1, 0.15) is 10.4 Å². The summed E-state index contributed by atoms with van der Waals surface area (Å²) in [5.74, 6) is 4.34. The Balaban J connectivity index is 1.79. The topological polar surface area (TPSA) is 17.8 Å². The highest BCUT2D eigenvalue weighted by atomic mass is 79.9. The number of aromatic nitrogens is 2. The highest BCUT2D eigenvalue weighted by molar-refractivity contribution is 9.10. The van der Waals surface area contributed by atoms with Gasteiger partial charge in [-0.1, -0.05) is 0 Å². The summed E-state index contributed by atoms with van der Waals surface area (Å²) in [4.78, 5) is 4.78. The molecule has 0 amide bonds. The third kappa shape index (κ3) is 1.47. The van der Waals surface area contributed by atoms with Gasteiger partial charge in [0.15, 0.2) is 0 Å². The number of rotatable bonds is 1. The van der Waals surface area contributed by atoms with Gasteiger partial charge in [0.25, 0.3) is 0 Å². The van der Waals surface area contributed by atoms with Crippen molar-refractivity contribution in [3.63, 3.8) is 0 Å². The Morgan fingerprint density at radius 1 is 1.18 bits per heavy atom. The van der Waals surface area contributed by atoms with Crippen LogP contribution in [0, 0.1) is 17.8 Å². The fourth-order valence-electron chi connectivity index (χ4n) is 5.31. The van der Waals surface area contributed by atoms with Crippen LogP contribution in [0.1, 0.15) is 44.3 Å². The molecule has 4 aliphatic carbocycles. The molecule has 0 spiro atoms. The molecule has 1 aromatic heterocycles. The van der Waals surface area contributed by atoms with Crippen LogP contribution in [0.4, 0.5) is 0 Å². The minimum Gasteiger partial charge on any atom is -0.336 e. The van der Waals surface area contributed by atoms with Gasteiger partial charge in [0.2, 0.25) is 0 Å². The first-order valence-corrected chi connectivity index (χ1v) is 7.63. The molecule has 92 valence electrons. The Bertz CT molecular complexity index is 428. The van der Waals surface area contributed by atoms with E-state index in [9.17, 15) is 0 Å². The molecular weight excluding hydrogens is 276 g/mol. The fraction of sp³-hybridized carbons (Fsp3) is 0.786. The summed E-state index contributed by atoms with van der Waals surface area (Å²) in [5, 5.41) is 0. The molecule has 0 aromatic carbocycles. The third-order valence-electron chi connectivity index (χ3n) is 5.36. The summed E-state index contributed by atoms with van der Waals surface area (Å²) < 4.78 is 3.27. The normalized spacial score (nSPS) is 43.3. The zero-order valence-corrected chi connectivity index (χ0v) is 11.9. The summed E-state index contributed by atoms with van der Waals surface area (Å²) in [5.41, 5.74) is 0.426. The molecule has 17 heavy (non-hydrogen) atoms. The van der Waals surface area contributed by atoms with Crippen molar-refractivity contribution in [2.45, 2.75) is 43.9 Å². The fourth-order valence-corrected chi connectivity index (χ4v) is 5.78. The van der Waals surface area contributed by atoms with Gasteiger partial charge >= 0.3 is 0 Å². The average molecular weight is 295 g/mol. The van der Waals surface area contributed by atoms with E-state index in [-0.39, 0.29) is 0 Å². The van der Waals surface area contributed by atoms with Crippen molar-refractivity contribution in [2.24, 2.45) is 24.8 Å². The largest absolute Gasteiger partial charge is 0.336 e. The molecule has 3 heteroatoms. The van der Waals surface area contributed by atoms with E-state index in [1.54, 1.807) is 0 Å². The Morgan fingerprint density at radius 2 is 1.71 bits per heavy atom. The van der Waals surface area contributed by atoms with Crippen molar-refractivity contribution < 1.29 is 0 Å². The summed E-state index contributed by atoms with van der Waals surface area (Å²) in [6, 6.07) is 0. The van der Waals surface area contributed by atoms with Gasteiger partial charge in [-0.3, -0.25) is 0 Å². The lowest BCUT2D eigenvalue weighted by Gasteiger charge is -2.56. The molecule has 4 aliphatic rings. The number of hydrogen-bond acceptors (Lipinski definition) is 1. The predicted octanol–water partition coefficient (Wildman–Crippen LogP) is 3.65. The lowest BCUT2D eigenvalue weighted by molar-refractivity contribution is -0.0106. The van der Waals surface area contributed by atoms with E-state index < -0.39 is 0 Å². The molecule has 4 fully saturated rings. The number of aryl methyl sites for hydroxylation is 1. The maximum Gasteiger partial charge on any atom is 0.124 e. The molecule has 0 unspecified atom stereocenters. The Hall–Kier alpha value is -0.310. The number of imidazole rings is 1. The highest BCUT2D eigenvalue weighted by Crippen LogP contribution is 2.60. The van der Waals surface area contributed by atoms with Gasteiger partial charge in [-0.05, 0) is 72.2 Å². The zero-order valence-electron chi connectivity index (χ0n) is 10.3. The molecule has 1 aromatic rings. The summed E-state index contributed by atoms with van der Waals surface area (Å²) in [6.45, 7) is 0. The van der Waals surface area contributed by atoms with E-state index in [1.165, 1.54) is 44.3 Å². The molecular formula is C14H19BrN2. The van der Waals surface area contributed by atoms with Crippen molar-refractivity contribution in [3.05, 3.63) is 16.6 Å². The second-order valence-electron chi connectivity index (χ2n) is 6.70. The van der Waals surface area contributed by atoms with E-state index in [0.717, 1.165) is 22.4 Å². The SMILES string of the molecule is Cn1cc(Br)nc1C12CC3CC(CC(C3)C1)C2. The van der Waals surface area contributed by atoms with Crippen LogP contribution in [0.2, 0.25) is 0 Å². The van der Waals surface area contributed by atoms with Gasteiger partial charge in [0, 0.05) is 18.7 Å². The van der Waals surface area contributed by atoms with Gasteiger partial charge in [0.05, 0.1) is 0 Å². The number of halogens is 1. The van der Waals surface area contributed by atoms with Gasteiger partial charge < -0.3 is 4.57 Å². The Labute approximate surface area is 111 Å². The van der Waals surface area contributed by atoms with E-state index in [4.69, 9.17) is 4.98 Å². The van der Waals surface area contributed by atoms with Crippen LogP contribution in [-0.4, -0.2) is 9.55 Å². The molecule has 0 radical (unpaired) electrons. The van der Waals surface area contributed by atoms with Crippen LogP contribution in [0.5, 0.6) is 0 Å². The quantitative estimate of drug-likeness (QED) is 0.773. The molecule has 0 aliphatic heterocycles. The highest BCUT2D eigenvalue weighted by Gasteiger charge is 2.53. The van der Waals surface area contributed by atoms with Gasteiger partial charge in [-0.25, -0.2) is 4.98 Å². The van der Waals surface area contributed by atoms with E-state index >= 15 is 0 Å². The molecule has 2 nitrogen and oxygen atoms in total. The van der Waals surface area contributed by atoms with Crippen LogP contribution in [0.15, 0.2) is 10.8 Å². The molecule has 4 saturated carbocycles. The van der Waals surface area contributed by atoms with E-state index in [2.05, 4.69) is 33.7 Å². The molecule has 0 atom stereocenters. The van der Waals surface area contributed by atoms with Crippen LogP contribution in [0.25, 0.3) is 0 Å². The second kappa shape index (κ2) is 3.37. The lowest BCUT2D eigenvalue weighted by atomic mass is 9.49.